The Morgan fingerprint density at radius 1 is 0.963 bits per heavy atom. The lowest BCUT2D eigenvalue weighted by Crippen LogP contribution is -2.15. The SMILES string of the molecule is O=C(OCC(=O)c1ccc(F)cc1F)c1ccnc(Oc2ccccc2)c1. The van der Waals surface area contributed by atoms with Crippen molar-refractivity contribution in [3.05, 3.63) is 89.6 Å². The molecule has 0 N–H and O–H groups in total. The van der Waals surface area contributed by atoms with Crippen LogP contribution in [0.5, 0.6) is 11.6 Å². The van der Waals surface area contributed by atoms with Crippen LogP contribution >= 0.6 is 0 Å². The maximum atomic E-state index is 13.6. The average molecular weight is 369 g/mol. The molecule has 3 rings (SSSR count). The van der Waals surface area contributed by atoms with Crippen molar-refractivity contribution in [3.8, 4) is 11.6 Å². The summed E-state index contributed by atoms with van der Waals surface area (Å²) in [6.45, 7) is -0.682. The van der Waals surface area contributed by atoms with Crippen molar-refractivity contribution in [1.29, 1.82) is 0 Å². The number of esters is 1. The van der Waals surface area contributed by atoms with E-state index in [-0.39, 0.29) is 17.0 Å². The number of para-hydroxylation sites is 1. The van der Waals surface area contributed by atoms with Crippen LogP contribution in [0.3, 0.4) is 0 Å². The molecular formula is C20H13F2NO4. The van der Waals surface area contributed by atoms with Crippen LogP contribution in [0.4, 0.5) is 8.78 Å². The number of rotatable bonds is 6. The lowest BCUT2D eigenvalue weighted by atomic mass is 10.1. The highest BCUT2D eigenvalue weighted by Gasteiger charge is 2.16. The van der Waals surface area contributed by atoms with Crippen LogP contribution in [-0.2, 0) is 4.74 Å². The number of Topliss-reactive ketones (excluding diaryl/α,β-unsaturated/α-hetero) is 1. The number of pyridine rings is 1. The van der Waals surface area contributed by atoms with Gasteiger partial charge in [-0.3, -0.25) is 4.79 Å². The first-order valence-electron chi connectivity index (χ1n) is 7.87. The van der Waals surface area contributed by atoms with Crippen LogP contribution in [0, 0.1) is 11.6 Å². The van der Waals surface area contributed by atoms with Gasteiger partial charge in [0.1, 0.15) is 17.4 Å². The zero-order valence-electron chi connectivity index (χ0n) is 13.9. The number of hydrogen-bond donors (Lipinski definition) is 0. The molecule has 0 amide bonds. The maximum absolute atomic E-state index is 13.6. The van der Waals surface area contributed by atoms with Crippen LogP contribution in [0.2, 0.25) is 0 Å². The van der Waals surface area contributed by atoms with Crippen LogP contribution in [-0.4, -0.2) is 23.3 Å². The first kappa shape index (κ1) is 18.2. The van der Waals surface area contributed by atoms with E-state index in [1.807, 2.05) is 6.07 Å². The van der Waals surface area contributed by atoms with Gasteiger partial charge in [0.25, 0.3) is 0 Å². The Hall–Kier alpha value is -3.61. The predicted octanol–water partition coefficient (Wildman–Crippen LogP) is 4.19. The van der Waals surface area contributed by atoms with Crippen molar-refractivity contribution in [2.75, 3.05) is 6.61 Å². The summed E-state index contributed by atoms with van der Waals surface area (Å²) in [5.74, 6) is -2.69. The standard InChI is InChI=1S/C20H13F2NO4/c21-14-6-7-16(17(22)11-14)18(24)12-26-20(25)13-8-9-23-19(10-13)27-15-4-2-1-3-5-15/h1-11H,12H2. The number of carbonyl (C=O) groups excluding carboxylic acids is 2. The summed E-state index contributed by atoms with van der Waals surface area (Å²) in [6.07, 6.45) is 1.36. The van der Waals surface area contributed by atoms with E-state index in [0.29, 0.717) is 11.8 Å². The van der Waals surface area contributed by atoms with Crippen molar-refractivity contribution in [2.45, 2.75) is 0 Å². The fourth-order valence-corrected chi connectivity index (χ4v) is 2.21. The fourth-order valence-electron chi connectivity index (χ4n) is 2.21. The van der Waals surface area contributed by atoms with Crippen LogP contribution in [0.25, 0.3) is 0 Å². The third kappa shape index (κ3) is 4.72. The molecule has 0 saturated heterocycles. The molecule has 7 heteroatoms. The molecule has 136 valence electrons. The molecule has 0 radical (unpaired) electrons. The molecule has 0 aliphatic heterocycles. The molecule has 0 fully saturated rings. The summed E-state index contributed by atoms with van der Waals surface area (Å²) in [5, 5.41) is 0. The van der Waals surface area contributed by atoms with Crippen molar-refractivity contribution in [3.63, 3.8) is 0 Å². The quantitative estimate of drug-likeness (QED) is 0.481. The van der Waals surface area contributed by atoms with E-state index in [1.54, 1.807) is 24.3 Å². The van der Waals surface area contributed by atoms with E-state index in [9.17, 15) is 18.4 Å². The topological polar surface area (TPSA) is 65.5 Å². The third-order valence-corrected chi connectivity index (χ3v) is 3.50. The van der Waals surface area contributed by atoms with Gasteiger partial charge in [-0.05, 0) is 30.3 Å². The molecule has 0 atom stereocenters. The lowest BCUT2D eigenvalue weighted by Gasteiger charge is -2.07. The number of halogens is 2. The van der Waals surface area contributed by atoms with Gasteiger partial charge in [-0.15, -0.1) is 0 Å². The number of ether oxygens (including phenoxy) is 2. The Balaban J connectivity index is 1.64. The Labute approximate surface area is 153 Å². The zero-order chi connectivity index (χ0) is 19.2. The van der Waals surface area contributed by atoms with E-state index in [1.165, 1.54) is 18.3 Å². The minimum absolute atomic E-state index is 0.114. The summed E-state index contributed by atoms with van der Waals surface area (Å²) >= 11 is 0. The van der Waals surface area contributed by atoms with E-state index < -0.39 is 30.0 Å². The normalized spacial score (nSPS) is 10.3. The van der Waals surface area contributed by atoms with Gasteiger partial charge < -0.3 is 9.47 Å². The molecule has 1 heterocycles. The highest BCUT2D eigenvalue weighted by atomic mass is 19.1. The minimum Gasteiger partial charge on any atom is -0.454 e. The number of benzene rings is 2. The summed E-state index contributed by atoms with van der Waals surface area (Å²) in [5.41, 5.74) is -0.240. The van der Waals surface area contributed by atoms with Gasteiger partial charge in [0.2, 0.25) is 11.7 Å². The van der Waals surface area contributed by atoms with Crippen LogP contribution < -0.4 is 4.74 Å². The number of aromatic nitrogens is 1. The molecule has 0 aliphatic carbocycles. The summed E-state index contributed by atoms with van der Waals surface area (Å²) < 4.78 is 36.9. The first-order chi connectivity index (χ1) is 13.0. The molecule has 27 heavy (non-hydrogen) atoms. The second-order valence-electron chi connectivity index (χ2n) is 5.42. The fraction of sp³-hybridized carbons (Fsp3) is 0.0500. The smallest absolute Gasteiger partial charge is 0.338 e. The largest absolute Gasteiger partial charge is 0.454 e. The minimum atomic E-state index is -1.02. The number of hydrogen-bond acceptors (Lipinski definition) is 5. The summed E-state index contributed by atoms with van der Waals surface area (Å²) in [6, 6.07) is 14.1. The van der Waals surface area contributed by atoms with E-state index in [2.05, 4.69) is 4.98 Å². The van der Waals surface area contributed by atoms with Gasteiger partial charge in [0.05, 0.1) is 11.1 Å². The molecule has 3 aromatic rings. The van der Waals surface area contributed by atoms with Gasteiger partial charge in [-0.2, -0.15) is 0 Å². The molecule has 0 saturated carbocycles. The Bertz CT molecular complexity index is 977. The Kier molecular flexibility index (Phi) is 5.51. The van der Waals surface area contributed by atoms with Crippen molar-refractivity contribution in [1.82, 2.24) is 4.98 Å². The van der Waals surface area contributed by atoms with Crippen LogP contribution in [0.1, 0.15) is 20.7 Å². The highest BCUT2D eigenvalue weighted by molar-refractivity contribution is 5.99. The second kappa shape index (κ2) is 8.18. The van der Waals surface area contributed by atoms with Gasteiger partial charge in [0, 0.05) is 18.3 Å². The van der Waals surface area contributed by atoms with Gasteiger partial charge in [-0.1, -0.05) is 18.2 Å². The monoisotopic (exact) mass is 369 g/mol. The first-order valence-corrected chi connectivity index (χ1v) is 7.87. The van der Waals surface area contributed by atoms with Gasteiger partial charge in [-0.25, -0.2) is 18.6 Å². The average Bonchev–Trinajstić information content (AvgIpc) is 2.67. The molecule has 0 bridgehead atoms. The zero-order valence-corrected chi connectivity index (χ0v) is 13.9. The molecule has 0 unspecified atom stereocenters. The van der Waals surface area contributed by atoms with Crippen molar-refractivity contribution >= 4 is 11.8 Å². The summed E-state index contributed by atoms with van der Waals surface area (Å²) in [4.78, 5) is 28.1. The highest BCUT2D eigenvalue weighted by Crippen LogP contribution is 2.19. The molecule has 2 aromatic carbocycles. The molecule has 0 spiro atoms. The Morgan fingerprint density at radius 3 is 2.48 bits per heavy atom. The van der Waals surface area contributed by atoms with Crippen LogP contribution in [0.15, 0.2) is 66.9 Å². The Morgan fingerprint density at radius 2 is 1.74 bits per heavy atom. The second-order valence-corrected chi connectivity index (χ2v) is 5.42. The number of nitrogens with zero attached hydrogens (tertiary/aromatic N) is 1. The molecule has 0 aliphatic rings. The number of carbonyl (C=O) groups is 2. The molecule has 1 aromatic heterocycles. The molecular weight excluding hydrogens is 356 g/mol. The molecule has 5 nitrogen and oxygen atoms in total. The van der Waals surface area contributed by atoms with Gasteiger partial charge in [0.15, 0.2) is 6.61 Å². The van der Waals surface area contributed by atoms with E-state index in [0.717, 1.165) is 12.1 Å². The van der Waals surface area contributed by atoms with Crippen molar-refractivity contribution < 1.29 is 27.8 Å². The summed E-state index contributed by atoms with van der Waals surface area (Å²) in [7, 11) is 0. The predicted molar refractivity (Wildman–Crippen MR) is 91.7 cm³/mol. The van der Waals surface area contributed by atoms with Gasteiger partial charge >= 0.3 is 5.97 Å². The van der Waals surface area contributed by atoms with Crippen molar-refractivity contribution in [2.24, 2.45) is 0 Å². The maximum Gasteiger partial charge on any atom is 0.338 e. The van der Waals surface area contributed by atoms with E-state index >= 15 is 0 Å². The lowest BCUT2D eigenvalue weighted by molar-refractivity contribution is 0.0473. The number of ketones is 1. The third-order valence-electron chi connectivity index (χ3n) is 3.50. The van der Waals surface area contributed by atoms with E-state index in [4.69, 9.17) is 9.47 Å².